The van der Waals surface area contributed by atoms with Crippen LogP contribution in [0, 0.1) is 0 Å². The first-order valence-corrected chi connectivity index (χ1v) is 8.04. The van der Waals surface area contributed by atoms with E-state index in [1.54, 1.807) is 12.3 Å². The van der Waals surface area contributed by atoms with E-state index in [-0.39, 0.29) is 12.7 Å². The molecule has 2 aliphatic heterocycles. The van der Waals surface area contributed by atoms with Crippen molar-refractivity contribution in [1.29, 1.82) is 0 Å². The van der Waals surface area contributed by atoms with Crippen LogP contribution in [-0.4, -0.2) is 40.7 Å². The third-order valence-corrected chi connectivity index (χ3v) is 4.16. The van der Waals surface area contributed by atoms with Crippen molar-refractivity contribution in [3.05, 3.63) is 41.7 Å². The summed E-state index contributed by atoms with van der Waals surface area (Å²) in [5.74, 6) is 1.92. The maximum Gasteiger partial charge on any atom is 0.272 e. The molecule has 7 heteroatoms. The fourth-order valence-electron chi connectivity index (χ4n) is 2.88. The molecule has 0 aliphatic carbocycles. The van der Waals surface area contributed by atoms with E-state index in [0.717, 1.165) is 43.0 Å². The van der Waals surface area contributed by atoms with Gasteiger partial charge in [0.25, 0.3) is 5.91 Å². The molecule has 1 N–H and O–H groups in total. The van der Waals surface area contributed by atoms with Gasteiger partial charge >= 0.3 is 0 Å². The van der Waals surface area contributed by atoms with Crippen LogP contribution in [0.2, 0.25) is 0 Å². The van der Waals surface area contributed by atoms with Gasteiger partial charge in [-0.2, -0.15) is 0 Å². The van der Waals surface area contributed by atoms with Crippen molar-refractivity contribution >= 4 is 11.9 Å². The van der Waals surface area contributed by atoms with Gasteiger partial charge in [0.2, 0.25) is 12.7 Å². The Morgan fingerprint density at radius 3 is 2.88 bits per heavy atom. The van der Waals surface area contributed by atoms with E-state index in [0.29, 0.717) is 18.2 Å². The monoisotopic (exact) mass is 326 g/mol. The number of likely N-dealkylation sites (tertiary alicyclic amines) is 1. The Hall–Kier alpha value is -2.83. The van der Waals surface area contributed by atoms with Crippen molar-refractivity contribution in [2.75, 3.05) is 25.2 Å². The molecule has 1 aromatic heterocycles. The third kappa shape index (κ3) is 2.97. The van der Waals surface area contributed by atoms with Crippen molar-refractivity contribution < 1.29 is 14.3 Å². The third-order valence-electron chi connectivity index (χ3n) is 4.16. The van der Waals surface area contributed by atoms with Crippen molar-refractivity contribution in [2.24, 2.45) is 0 Å². The molecule has 0 radical (unpaired) electrons. The van der Waals surface area contributed by atoms with Crippen molar-refractivity contribution in [3.63, 3.8) is 0 Å². The zero-order chi connectivity index (χ0) is 16.4. The first kappa shape index (κ1) is 14.7. The van der Waals surface area contributed by atoms with Crippen LogP contribution >= 0.6 is 0 Å². The molecule has 0 saturated carbocycles. The lowest BCUT2D eigenvalue weighted by molar-refractivity contribution is 0.0787. The van der Waals surface area contributed by atoms with E-state index in [1.807, 2.05) is 23.1 Å². The van der Waals surface area contributed by atoms with Crippen LogP contribution in [-0.2, 0) is 6.54 Å². The highest BCUT2D eigenvalue weighted by Gasteiger charge is 2.21. The van der Waals surface area contributed by atoms with Crippen LogP contribution < -0.4 is 14.8 Å². The summed E-state index contributed by atoms with van der Waals surface area (Å²) in [4.78, 5) is 22.7. The van der Waals surface area contributed by atoms with Crippen LogP contribution in [0.5, 0.6) is 11.5 Å². The summed E-state index contributed by atoms with van der Waals surface area (Å²) in [7, 11) is 0. The standard InChI is InChI=1S/C17H18N4O3/c22-16(21-7-1-2-8-21)13-5-6-18-17(20-13)19-10-12-3-4-14-15(9-12)24-11-23-14/h3-6,9H,1-2,7-8,10-11H2,(H,18,19,20). The highest BCUT2D eigenvalue weighted by molar-refractivity contribution is 5.92. The van der Waals surface area contributed by atoms with Crippen LogP contribution in [0.15, 0.2) is 30.5 Å². The second kappa shape index (κ2) is 6.35. The van der Waals surface area contributed by atoms with Gasteiger partial charge < -0.3 is 19.7 Å². The number of nitrogens with one attached hydrogen (secondary N) is 1. The first-order valence-electron chi connectivity index (χ1n) is 8.04. The van der Waals surface area contributed by atoms with Gasteiger partial charge in [-0.3, -0.25) is 4.79 Å². The number of ether oxygens (including phenoxy) is 2. The van der Waals surface area contributed by atoms with Crippen LogP contribution in [0.3, 0.4) is 0 Å². The number of rotatable bonds is 4. The Morgan fingerprint density at radius 2 is 2.00 bits per heavy atom. The highest BCUT2D eigenvalue weighted by atomic mass is 16.7. The normalized spacial score (nSPS) is 15.6. The lowest BCUT2D eigenvalue weighted by Gasteiger charge is -2.14. The van der Waals surface area contributed by atoms with E-state index < -0.39 is 0 Å². The van der Waals surface area contributed by atoms with Crippen LogP contribution in [0.4, 0.5) is 5.95 Å². The molecule has 2 aliphatic rings. The second-order valence-electron chi connectivity index (χ2n) is 5.81. The van der Waals surface area contributed by atoms with Crippen molar-refractivity contribution in [3.8, 4) is 11.5 Å². The van der Waals surface area contributed by atoms with Crippen molar-refractivity contribution in [1.82, 2.24) is 14.9 Å². The van der Waals surface area contributed by atoms with Crippen LogP contribution in [0.25, 0.3) is 0 Å². The summed E-state index contributed by atoms with van der Waals surface area (Å²) in [6, 6.07) is 7.42. The Balaban J connectivity index is 1.43. The highest BCUT2D eigenvalue weighted by Crippen LogP contribution is 2.32. The number of hydrogen-bond donors (Lipinski definition) is 1. The molecular formula is C17H18N4O3. The second-order valence-corrected chi connectivity index (χ2v) is 5.81. The Morgan fingerprint density at radius 1 is 1.17 bits per heavy atom. The smallest absolute Gasteiger partial charge is 0.272 e. The number of nitrogens with zero attached hydrogens (tertiary/aromatic N) is 3. The summed E-state index contributed by atoms with van der Waals surface area (Å²) >= 11 is 0. The Labute approximate surface area is 139 Å². The SMILES string of the molecule is O=C(c1ccnc(NCc2ccc3c(c2)OCO3)n1)N1CCCC1. The minimum atomic E-state index is -0.0268. The molecule has 0 atom stereocenters. The molecule has 7 nitrogen and oxygen atoms in total. The van der Waals surface area contributed by atoms with E-state index in [1.165, 1.54) is 0 Å². The van der Waals surface area contributed by atoms with Crippen molar-refractivity contribution in [2.45, 2.75) is 19.4 Å². The Bertz CT molecular complexity index is 759. The zero-order valence-corrected chi connectivity index (χ0v) is 13.2. The lowest BCUT2D eigenvalue weighted by atomic mass is 10.2. The van der Waals surface area contributed by atoms with E-state index in [4.69, 9.17) is 9.47 Å². The minimum Gasteiger partial charge on any atom is -0.454 e. The van der Waals surface area contributed by atoms with Gasteiger partial charge in [-0.25, -0.2) is 9.97 Å². The fraction of sp³-hybridized carbons (Fsp3) is 0.353. The summed E-state index contributed by atoms with van der Waals surface area (Å²) < 4.78 is 10.7. The number of hydrogen-bond acceptors (Lipinski definition) is 6. The molecule has 0 bridgehead atoms. The molecule has 0 spiro atoms. The molecule has 2 aromatic rings. The van der Waals surface area contributed by atoms with E-state index in [9.17, 15) is 4.79 Å². The van der Waals surface area contributed by atoms with Gasteiger partial charge in [0.15, 0.2) is 11.5 Å². The first-order chi connectivity index (χ1) is 11.8. The molecule has 0 unspecified atom stereocenters. The fourth-order valence-corrected chi connectivity index (χ4v) is 2.88. The van der Waals surface area contributed by atoms with Gasteiger partial charge in [0, 0.05) is 25.8 Å². The lowest BCUT2D eigenvalue weighted by Crippen LogP contribution is -2.28. The average Bonchev–Trinajstić information content (AvgIpc) is 3.30. The number of anilines is 1. The van der Waals surface area contributed by atoms with Gasteiger partial charge in [0.05, 0.1) is 0 Å². The van der Waals surface area contributed by atoms with Crippen LogP contribution in [0.1, 0.15) is 28.9 Å². The van der Waals surface area contributed by atoms with Gasteiger partial charge in [-0.05, 0) is 36.6 Å². The molecule has 24 heavy (non-hydrogen) atoms. The predicted octanol–water partition coefficient (Wildman–Crippen LogP) is 2.05. The maximum atomic E-state index is 12.4. The van der Waals surface area contributed by atoms with E-state index >= 15 is 0 Å². The Kier molecular flexibility index (Phi) is 3.90. The predicted molar refractivity (Wildman–Crippen MR) is 87.1 cm³/mol. The maximum absolute atomic E-state index is 12.4. The topological polar surface area (TPSA) is 76.6 Å². The number of aromatic nitrogens is 2. The van der Waals surface area contributed by atoms with Gasteiger partial charge in [0.1, 0.15) is 5.69 Å². The molecule has 1 saturated heterocycles. The van der Waals surface area contributed by atoms with E-state index in [2.05, 4.69) is 15.3 Å². The number of benzene rings is 1. The summed E-state index contributed by atoms with van der Waals surface area (Å²) in [5, 5.41) is 3.15. The largest absolute Gasteiger partial charge is 0.454 e. The van der Waals surface area contributed by atoms with Gasteiger partial charge in [-0.15, -0.1) is 0 Å². The molecule has 3 heterocycles. The molecule has 124 valence electrons. The number of fused-ring (bicyclic) bond motifs is 1. The molecule has 1 amide bonds. The molecule has 1 fully saturated rings. The summed E-state index contributed by atoms with van der Waals surface area (Å²) in [6.07, 6.45) is 3.73. The number of carbonyl (C=O) groups excluding carboxylic acids is 1. The molecular weight excluding hydrogens is 308 g/mol. The number of carbonyl (C=O) groups is 1. The zero-order valence-electron chi connectivity index (χ0n) is 13.2. The number of amides is 1. The minimum absolute atomic E-state index is 0.0268. The average molecular weight is 326 g/mol. The summed E-state index contributed by atoms with van der Waals surface area (Å²) in [6.45, 7) is 2.42. The molecule has 4 rings (SSSR count). The quantitative estimate of drug-likeness (QED) is 0.927. The molecule has 1 aromatic carbocycles. The van der Waals surface area contributed by atoms with Gasteiger partial charge in [-0.1, -0.05) is 6.07 Å². The summed E-state index contributed by atoms with van der Waals surface area (Å²) in [5.41, 5.74) is 1.46.